The van der Waals surface area contributed by atoms with Crippen LogP contribution in [0.5, 0.6) is 0 Å². The number of carbonyl (C=O) groups excluding carboxylic acids is 1. The molecule has 1 rings (SSSR count). The van der Waals surface area contributed by atoms with Crippen LogP contribution in [0.2, 0.25) is 0 Å². The number of hydrogen-bond donors (Lipinski definition) is 2. The molecular formula is C52H104N2O6. The molecule has 0 bridgehead atoms. The zero-order valence-electron chi connectivity index (χ0n) is 40.8. The summed E-state index contributed by atoms with van der Waals surface area (Å²) in [7, 11) is 2.20. The molecule has 0 aromatic heterocycles. The molecule has 1 aliphatic heterocycles. The fourth-order valence-corrected chi connectivity index (χ4v) is 8.95. The molecule has 0 spiro atoms. The van der Waals surface area contributed by atoms with E-state index in [2.05, 4.69) is 44.5 Å². The Labute approximate surface area is 373 Å². The highest BCUT2D eigenvalue weighted by Crippen LogP contribution is 2.25. The predicted molar refractivity (Wildman–Crippen MR) is 257 cm³/mol. The summed E-state index contributed by atoms with van der Waals surface area (Å²) in [6, 6.07) is 0. The zero-order valence-corrected chi connectivity index (χ0v) is 40.8. The molecule has 0 unspecified atom stereocenters. The molecule has 8 heteroatoms. The van der Waals surface area contributed by atoms with E-state index in [0.29, 0.717) is 6.42 Å². The lowest BCUT2D eigenvalue weighted by Crippen LogP contribution is -2.44. The van der Waals surface area contributed by atoms with Gasteiger partial charge in [0.25, 0.3) is 12.9 Å². The van der Waals surface area contributed by atoms with Gasteiger partial charge in [-0.05, 0) is 57.5 Å². The van der Waals surface area contributed by atoms with Gasteiger partial charge in [-0.2, -0.15) is 0 Å². The first-order valence-corrected chi connectivity index (χ1v) is 26.1. The molecular weight excluding hydrogens is 749 g/mol. The first-order valence-electron chi connectivity index (χ1n) is 26.1. The lowest BCUT2D eigenvalue weighted by atomic mass is 9.90. The topological polar surface area (TPSA) is 107 Å². The van der Waals surface area contributed by atoms with Crippen LogP contribution in [-0.2, 0) is 19.1 Å². The molecule has 0 aliphatic carbocycles. The van der Waals surface area contributed by atoms with Gasteiger partial charge in [-0.1, -0.05) is 220 Å². The fourth-order valence-electron chi connectivity index (χ4n) is 8.95. The number of hydrogen-bond acceptors (Lipinski definition) is 6. The quantitative estimate of drug-likeness (QED) is 0.0356. The van der Waals surface area contributed by atoms with E-state index < -0.39 is 0 Å². The SMILES string of the molecule is CCCCC(CCCC)CCCCCCCCCCCC(CCCCCCCCCCCC(CCCC)CCCC)OC(=O)CCCN1CCN(C)CC1.O=CO.O=CO. The van der Waals surface area contributed by atoms with E-state index in [0.717, 1.165) is 63.8 Å². The lowest BCUT2D eigenvalue weighted by molar-refractivity contribution is -0.150. The van der Waals surface area contributed by atoms with Gasteiger partial charge in [0.2, 0.25) is 0 Å². The van der Waals surface area contributed by atoms with E-state index in [9.17, 15) is 4.79 Å². The summed E-state index contributed by atoms with van der Waals surface area (Å²) in [6.45, 7) is 14.4. The number of nitrogens with zero attached hydrogens (tertiary/aromatic N) is 2. The Morgan fingerprint density at radius 1 is 0.467 bits per heavy atom. The summed E-state index contributed by atoms with van der Waals surface area (Å²) in [5.74, 6) is 2.04. The van der Waals surface area contributed by atoms with Crippen molar-refractivity contribution in [2.75, 3.05) is 39.8 Å². The van der Waals surface area contributed by atoms with Crippen LogP contribution in [-0.4, -0.2) is 84.8 Å². The van der Waals surface area contributed by atoms with Gasteiger partial charge in [0.15, 0.2) is 0 Å². The first-order chi connectivity index (χ1) is 29.3. The van der Waals surface area contributed by atoms with Crippen molar-refractivity contribution in [1.82, 2.24) is 9.80 Å². The smallest absolute Gasteiger partial charge is 0.306 e. The number of ether oxygens (including phenoxy) is 1. The van der Waals surface area contributed by atoms with Gasteiger partial charge in [0, 0.05) is 32.6 Å². The van der Waals surface area contributed by atoms with E-state index in [1.165, 1.54) is 205 Å². The summed E-state index contributed by atoms with van der Waals surface area (Å²) < 4.78 is 6.18. The Morgan fingerprint density at radius 3 is 1.07 bits per heavy atom. The minimum atomic E-state index is -0.250. The van der Waals surface area contributed by atoms with Gasteiger partial charge in [0.05, 0.1) is 0 Å². The van der Waals surface area contributed by atoms with Crippen LogP contribution < -0.4 is 0 Å². The molecule has 0 saturated carbocycles. The van der Waals surface area contributed by atoms with E-state index in [1.54, 1.807) is 0 Å². The highest BCUT2D eigenvalue weighted by atomic mass is 16.5. The van der Waals surface area contributed by atoms with Gasteiger partial charge < -0.3 is 24.7 Å². The number of rotatable bonds is 41. The minimum Gasteiger partial charge on any atom is -0.483 e. The minimum absolute atomic E-state index is 0.0539. The van der Waals surface area contributed by atoms with Crippen LogP contribution in [0.3, 0.4) is 0 Å². The molecule has 0 amide bonds. The number of piperazine rings is 1. The molecule has 0 atom stereocenters. The second kappa shape index (κ2) is 50.0. The highest BCUT2D eigenvalue weighted by Gasteiger charge is 2.17. The third kappa shape index (κ3) is 44.4. The van der Waals surface area contributed by atoms with Crippen molar-refractivity contribution in [2.24, 2.45) is 11.8 Å². The van der Waals surface area contributed by atoms with Crippen LogP contribution in [0.15, 0.2) is 0 Å². The fraction of sp³-hybridized carbons (Fsp3) is 0.942. The maximum atomic E-state index is 12.9. The standard InChI is InChI=1S/C50H100N2O2.2CH2O2/c1-6-10-33-47(34-11-7-2)37-28-24-20-16-14-18-22-26-30-39-49(54-50(53)41-32-42-52-45-43-51(5)44-46-52)40-31-27-23-19-15-17-21-25-29-38-48(35-12-8-3)36-13-9-4;2*2-1-3/h47-49H,6-46H2,1-5H3;2*1H,(H,2,3). The van der Waals surface area contributed by atoms with Crippen molar-refractivity contribution in [1.29, 1.82) is 0 Å². The first kappa shape index (κ1) is 60.4. The summed E-state index contributed by atoms with van der Waals surface area (Å²) in [5.41, 5.74) is 0. The summed E-state index contributed by atoms with van der Waals surface area (Å²) in [4.78, 5) is 34.6. The third-order valence-corrected chi connectivity index (χ3v) is 12.9. The monoisotopic (exact) mass is 853 g/mol. The number of unbranched alkanes of at least 4 members (excludes halogenated alkanes) is 20. The molecule has 0 radical (unpaired) electrons. The van der Waals surface area contributed by atoms with E-state index in [-0.39, 0.29) is 25.0 Å². The number of carbonyl (C=O) groups is 3. The van der Waals surface area contributed by atoms with Crippen LogP contribution >= 0.6 is 0 Å². The number of esters is 1. The molecule has 8 nitrogen and oxygen atoms in total. The Morgan fingerprint density at radius 2 is 0.750 bits per heavy atom. The molecule has 1 saturated heterocycles. The summed E-state index contributed by atoms with van der Waals surface area (Å²) >= 11 is 0. The van der Waals surface area contributed by atoms with Gasteiger partial charge in [-0.3, -0.25) is 14.4 Å². The molecule has 2 N–H and O–H groups in total. The highest BCUT2D eigenvalue weighted by molar-refractivity contribution is 5.69. The molecule has 0 aromatic carbocycles. The number of carboxylic acid groups (broad SMARTS) is 2. The maximum Gasteiger partial charge on any atom is 0.306 e. The zero-order chi connectivity index (χ0) is 44.6. The molecule has 358 valence electrons. The second-order valence-corrected chi connectivity index (χ2v) is 18.4. The van der Waals surface area contributed by atoms with E-state index >= 15 is 0 Å². The van der Waals surface area contributed by atoms with Crippen molar-refractivity contribution < 1.29 is 29.3 Å². The van der Waals surface area contributed by atoms with Gasteiger partial charge in [-0.25, -0.2) is 0 Å². The number of likely N-dealkylation sites (N-methyl/N-ethyl adjacent to an activating group) is 1. The molecule has 1 fully saturated rings. The molecule has 1 heterocycles. The molecule has 1 aliphatic rings. The van der Waals surface area contributed by atoms with Crippen LogP contribution in [0.1, 0.15) is 259 Å². The average molecular weight is 853 g/mol. The van der Waals surface area contributed by atoms with E-state index in [1.807, 2.05) is 0 Å². The Bertz CT molecular complexity index is 803. The van der Waals surface area contributed by atoms with Crippen LogP contribution in [0, 0.1) is 11.8 Å². The third-order valence-electron chi connectivity index (χ3n) is 12.9. The van der Waals surface area contributed by atoms with Crippen molar-refractivity contribution in [3.63, 3.8) is 0 Å². The molecule has 60 heavy (non-hydrogen) atoms. The predicted octanol–water partition coefficient (Wildman–Crippen LogP) is 14.9. The summed E-state index contributed by atoms with van der Waals surface area (Å²) in [5, 5.41) is 13.8. The lowest BCUT2D eigenvalue weighted by Gasteiger charge is -2.32. The van der Waals surface area contributed by atoms with Gasteiger partial charge in [-0.15, -0.1) is 0 Å². The van der Waals surface area contributed by atoms with Gasteiger partial charge in [0.1, 0.15) is 6.10 Å². The van der Waals surface area contributed by atoms with Crippen molar-refractivity contribution >= 4 is 18.9 Å². The normalized spacial score (nSPS) is 13.3. The second-order valence-electron chi connectivity index (χ2n) is 18.4. The van der Waals surface area contributed by atoms with Crippen molar-refractivity contribution in [3.05, 3.63) is 0 Å². The largest absolute Gasteiger partial charge is 0.483 e. The Hall–Kier alpha value is -1.67. The summed E-state index contributed by atoms with van der Waals surface area (Å²) in [6.07, 6.45) is 48.5. The van der Waals surface area contributed by atoms with Gasteiger partial charge >= 0.3 is 5.97 Å². The van der Waals surface area contributed by atoms with Crippen molar-refractivity contribution in [3.8, 4) is 0 Å². The van der Waals surface area contributed by atoms with E-state index in [4.69, 9.17) is 24.5 Å². The Balaban J connectivity index is 0. The Kier molecular flexibility index (Phi) is 50.3. The van der Waals surface area contributed by atoms with Crippen LogP contribution in [0.25, 0.3) is 0 Å². The van der Waals surface area contributed by atoms with Crippen LogP contribution in [0.4, 0.5) is 0 Å². The molecule has 0 aromatic rings. The maximum absolute atomic E-state index is 12.9. The average Bonchev–Trinajstić information content (AvgIpc) is 3.24. The van der Waals surface area contributed by atoms with Crippen molar-refractivity contribution in [2.45, 2.75) is 265 Å².